The summed E-state index contributed by atoms with van der Waals surface area (Å²) >= 11 is 5.88. The molecular weight excluding hydrogens is 456 g/mol. The second-order valence-electron chi connectivity index (χ2n) is 8.97. The van der Waals surface area contributed by atoms with Gasteiger partial charge in [-0.3, -0.25) is 0 Å². The van der Waals surface area contributed by atoms with Crippen LogP contribution in [-0.4, -0.2) is 43.9 Å². The normalized spacial score (nSPS) is 14.7. The summed E-state index contributed by atoms with van der Waals surface area (Å²) in [5, 5.41) is 4.22. The highest BCUT2D eigenvalue weighted by Gasteiger charge is 2.31. The zero-order chi connectivity index (χ0) is 24.8. The van der Waals surface area contributed by atoms with E-state index in [9.17, 15) is 0 Å². The topological polar surface area (TPSA) is 43.0 Å². The number of thiocarbonyl (C=S) groups is 1. The first-order chi connectivity index (χ1) is 17.0. The largest absolute Gasteiger partial charge is 0.493 e. The minimum absolute atomic E-state index is 0.0453. The molecule has 1 heterocycles. The van der Waals surface area contributed by atoms with Crippen LogP contribution in [0.5, 0.6) is 17.2 Å². The van der Waals surface area contributed by atoms with Crippen LogP contribution >= 0.6 is 12.2 Å². The first kappa shape index (κ1) is 24.9. The average Bonchev–Trinajstić information content (AvgIpc) is 2.86. The van der Waals surface area contributed by atoms with E-state index in [4.69, 9.17) is 26.4 Å². The molecule has 5 nitrogen and oxygen atoms in total. The molecule has 0 spiro atoms. The number of methoxy groups -OCH3 is 2. The van der Waals surface area contributed by atoms with Crippen molar-refractivity contribution in [3.8, 4) is 17.2 Å². The lowest BCUT2D eigenvalue weighted by molar-refractivity contribution is 0.187. The van der Waals surface area contributed by atoms with Gasteiger partial charge in [0.05, 0.1) is 20.3 Å². The monoisotopic (exact) mass is 490 g/mol. The fourth-order valence-electron chi connectivity index (χ4n) is 4.70. The second kappa shape index (κ2) is 11.5. The van der Waals surface area contributed by atoms with Crippen LogP contribution in [0, 0.1) is 13.8 Å². The van der Waals surface area contributed by atoms with E-state index in [1.165, 1.54) is 22.3 Å². The Bertz CT molecular complexity index is 1150. The number of rotatable bonds is 8. The van der Waals surface area contributed by atoms with Crippen molar-refractivity contribution >= 4 is 17.3 Å². The summed E-state index contributed by atoms with van der Waals surface area (Å²) in [6.45, 7) is 6.24. The van der Waals surface area contributed by atoms with Crippen molar-refractivity contribution in [2.24, 2.45) is 0 Å². The van der Waals surface area contributed by atoms with Crippen LogP contribution in [0.2, 0.25) is 0 Å². The lowest BCUT2D eigenvalue weighted by atomic mass is 9.92. The smallest absolute Gasteiger partial charge is 0.169 e. The summed E-state index contributed by atoms with van der Waals surface area (Å²) in [7, 11) is 3.34. The molecule has 3 aromatic carbocycles. The van der Waals surface area contributed by atoms with Crippen molar-refractivity contribution in [2.45, 2.75) is 32.7 Å². The highest BCUT2D eigenvalue weighted by atomic mass is 32.1. The molecule has 1 aliphatic heterocycles. The fraction of sp³-hybridized carbons (Fsp3) is 0.345. The van der Waals surface area contributed by atoms with Gasteiger partial charge in [-0.05, 0) is 91.0 Å². The lowest BCUT2D eigenvalue weighted by Gasteiger charge is -2.39. The molecule has 0 amide bonds. The Labute approximate surface area is 214 Å². The van der Waals surface area contributed by atoms with Gasteiger partial charge in [-0.2, -0.15) is 0 Å². The predicted octanol–water partition coefficient (Wildman–Crippen LogP) is 5.42. The fourth-order valence-corrected chi connectivity index (χ4v) is 5.02. The van der Waals surface area contributed by atoms with Gasteiger partial charge in [-0.15, -0.1) is 0 Å². The Hall–Kier alpha value is -3.25. The summed E-state index contributed by atoms with van der Waals surface area (Å²) in [5.74, 6) is 2.34. The maximum Gasteiger partial charge on any atom is 0.169 e. The van der Waals surface area contributed by atoms with Crippen molar-refractivity contribution in [2.75, 3.05) is 33.9 Å². The third-order valence-corrected chi connectivity index (χ3v) is 6.78. The van der Waals surface area contributed by atoms with E-state index in [1.54, 1.807) is 14.2 Å². The molecule has 4 rings (SSSR count). The lowest BCUT2D eigenvalue weighted by Crippen LogP contribution is -2.47. The Morgan fingerprint density at radius 1 is 0.971 bits per heavy atom. The molecule has 184 valence electrons. The molecular formula is C29H34N2O3S. The summed E-state index contributed by atoms with van der Waals surface area (Å²) in [6, 6.07) is 20.9. The van der Waals surface area contributed by atoms with Gasteiger partial charge < -0.3 is 24.4 Å². The number of fused-ring (bicyclic) bond motifs is 1. The van der Waals surface area contributed by atoms with E-state index in [0.717, 1.165) is 48.1 Å². The van der Waals surface area contributed by atoms with E-state index in [2.05, 4.69) is 78.7 Å². The minimum Gasteiger partial charge on any atom is -0.493 e. The Balaban J connectivity index is 1.56. The van der Waals surface area contributed by atoms with Crippen molar-refractivity contribution in [1.82, 2.24) is 10.2 Å². The van der Waals surface area contributed by atoms with E-state index in [0.29, 0.717) is 12.4 Å². The van der Waals surface area contributed by atoms with Crippen LogP contribution < -0.4 is 19.5 Å². The predicted molar refractivity (Wildman–Crippen MR) is 145 cm³/mol. The highest BCUT2D eigenvalue weighted by molar-refractivity contribution is 7.80. The highest BCUT2D eigenvalue weighted by Crippen LogP contribution is 2.38. The molecule has 3 aromatic rings. The SMILES string of the molecule is COc1cc2c(cc1OC)[C@@H](COc1cc(C)cc(C)c1)N(C(=S)NCCc1ccccc1)CC2. The standard InChI is InChI=1S/C29H34N2O3S/c1-20-14-21(2)16-24(15-20)34-19-26-25-18-28(33-4)27(32-3)17-23(25)11-13-31(26)29(35)30-12-10-22-8-6-5-7-9-22/h5-9,14-18,26H,10-13,19H2,1-4H3,(H,30,35)/t26-/m1/s1. The average molecular weight is 491 g/mol. The zero-order valence-corrected chi connectivity index (χ0v) is 21.8. The van der Waals surface area contributed by atoms with Crippen molar-refractivity contribution in [1.29, 1.82) is 0 Å². The van der Waals surface area contributed by atoms with E-state index < -0.39 is 0 Å². The quantitative estimate of drug-likeness (QED) is 0.426. The number of nitrogens with zero attached hydrogens (tertiary/aromatic N) is 1. The Morgan fingerprint density at radius 3 is 2.34 bits per heavy atom. The van der Waals surface area contributed by atoms with Crippen molar-refractivity contribution in [3.63, 3.8) is 0 Å². The van der Waals surface area contributed by atoms with Crippen LogP contribution in [0.15, 0.2) is 60.7 Å². The summed E-state index contributed by atoms with van der Waals surface area (Å²) < 4.78 is 17.5. The first-order valence-electron chi connectivity index (χ1n) is 12.0. The van der Waals surface area contributed by atoms with Gasteiger partial charge in [0, 0.05) is 13.1 Å². The molecule has 0 fully saturated rings. The Kier molecular flexibility index (Phi) is 8.13. The molecule has 0 aliphatic carbocycles. The number of aryl methyl sites for hydroxylation is 2. The molecule has 1 N–H and O–H groups in total. The van der Waals surface area contributed by atoms with Crippen LogP contribution in [0.3, 0.4) is 0 Å². The van der Waals surface area contributed by atoms with Gasteiger partial charge in [0.2, 0.25) is 0 Å². The van der Waals surface area contributed by atoms with Gasteiger partial charge in [-0.25, -0.2) is 0 Å². The number of hydrogen-bond acceptors (Lipinski definition) is 4. The zero-order valence-electron chi connectivity index (χ0n) is 21.0. The minimum atomic E-state index is -0.0453. The van der Waals surface area contributed by atoms with Crippen LogP contribution in [-0.2, 0) is 12.8 Å². The van der Waals surface area contributed by atoms with Gasteiger partial charge in [0.25, 0.3) is 0 Å². The molecule has 1 atom stereocenters. The number of ether oxygens (including phenoxy) is 3. The maximum absolute atomic E-state index is 6.35. The molecule has 0 aromatic heterocycles. The number of hydrogen-bond donors (Lipinski definition) is 1. The number of nitrogens with one attached hydrogen (secondary N) is 1. The molecule has 6 heteroatoms. The molecule has 1 aliphatic rings. The molecule has 0 radical (unpaired) electrons. The second-order valence-corrected chi connectivity index (χ2v) is 9.35. The maximum atomic E-state index is 6.35. The first-order valence-corrected chi connectivity index (χ1v) is 12.4. The van der Waals surface area contributed by atoms with Crippen LogP contribution in [0.25, 0.3) is 0 Å². The third-order valence-electron chi connectivity index (χ3n) is 6.40. The molecule has 0 saturated heterocycles. The van der Waals surface area contributed by atoms with Gasteiger partial charge in [0.15, 0.2) is 16.6 Å². The van der Waals surface area contributed by atoms with Crippen molar-refractivity contribution in [3.05, 3.63) is 88.5 Å². The van der Waals surface area contributed by atoms with Crippen LogP contribution in [0.1, 0.15) is 33.9 Å². The van der Waals surface area contributed by atoms with Gasteiger partial charge in [0.1, 0.15) is 12.4 Å². The summed E-state index contributed by atoms with van der Waals surface area (Å²) in [5.41, 5.74) is 6.06. The molecule has 0 bridgehead atoms. The van der Waals surface area contributed by atoms with E-state index in [1.807, 2.05) is 6.07 Å². The molecule has 0 saturated carbocycles. The van der Waals surface area contributed by atoms with E-state index in [-0.39, 0.29) is 6.04 Å². The summed E-state index contributed by atoms with van der Waals surface area (Å²) in [4.78, 5) is 2.25. The number of benzene rings is 3. The molecule has 0 unspecified atom stereocenters. The van der Waals surface area contributed by atoms with Crippen molar-refractivity contribution < 1.29 is 14.2 Å². The molecule has 35 heavy (non-hydrogen) atoms. The summed E-state index contributed by atoms with van der Waals surface area (Å²) in [6.07, 6.45) is 1.79. The van der Waals surface area contributed by atoms with E-state index >= 15 is 0 Å². The Morgan fingerprint density at radius 2 is 1.66 bits per heavy atom. The van der Waals surface area contributed by atoms with Gasteiger partial charge >= 0.3 is 0 Å². The van der Waals surface area contributed by atoms with Crippen LogP contribution in [0.4, 0.5) is 0 Å². The third kappa shape index (κ3) is 6.06. The van der Waals surface area contributed by atoms with Gasteiger partial charge in [-0.1, -0.05) is 36.4 Å².